The summed E-state index contributed by atoms with van der Waals surface area (Å²) in [6, 6.07) is 4.35. The Morgan fingerprint density at radius 3 is 2.55 bits per heavy atom. The highest BCUT2D eigenvalue weighted by Gasteiger charge is 2.19. The third-order valence-corrected chi connectivity index (χ3v) is 3.68. The summed E-state index contributed by atoms with van der Waals surface area (Å²) in [6.45, 7) is 3.71. The molecule has 7 heteroatoms. The van der Waals surface area contributed by atoms with E-state index in [1.807, 2.05) is 19.9 Å². The van der Waals surface area contributed by atoms with Gasteiger partial charge in [-0.25, -0.2) is 4.79 Å². The van der Waals surface area contributed by atoms with E-state index >= 15 is 0 Å². The van der Waals surface area contributed by atoms with E-state index in [1.54, 1.807) is 12.1 Å². The molecule has 0 saturated heterocycles. The zero-order valence-electron chi connectivity index (χ0n) is 11.1. The maximum atomic E-state index is 11.9. The third-order valence-electron chi connectivity index (χ3n) is 2.70. The molecule has 20 heavy (non-hydrogen) atoms. The van der Waals surface area contributed by atoms with Crippen molar-refractivity contribution in [3.8, 4) is 0 Å². The molecule has 0 heterocycles. The molecule has 0 radical (unpaired) electrons. The van der Waals surface area contributed by atoms with Crippen LogP contribution in [-0.2, 0) is 4.79 Å². The average molecular weight is 411 g/mol. The number of carbonyl (C=O) groups is 2. The van der Waals surface area contributed by atoms with Crippen molar-refractivity contribution in [1.82, 2.24) is 5.32 Å². The number of anilines is 1. The number of amides is 2. The largest absolute Gasteiger partial charge is 0.481 e. The van der Waals surface area contributed by atoms with Gasteiger partial charge in [0.15, 0.2) is 0 Å². The molecule has 2 amide bonds. The number of nitrogens with one attached hydrogen (secondary N) is 2. The van der Waals surface area contributed by atoms with Crippen LogP contribution in [0.2, 0.25) is 5.02 Å². The van der Waals surface area contributed by atoms with Crippen molar-refractivity contribution in [2.75, 3.05) is 5.32 Å². The van der Waals surface area contributed by atoms with Crippen molar-refractivity contribution in [3.63, 3.8) is 0 Å². The summed E-state index contributed by atoms with van der Waals surface area (Å²) in [5.74, 6) is -0.930. The predicted molar refractivity (Wildman–Crippen MR) is 87.2 cm³/mol. The second-order valence-electron chi connectivity index (χ2n) is 4.67. The molecule has 110 valence electrons. The van der Waals surface area contributed by atoms with E-state index in [4.69, 9.17) is 16.7 Å². The fourth-order valence-electron chi connectivity index (χ4n) is 1.56. The van der Waals surface area contributed by atoms with Gasteiger partial charge in [0.05, 0.1) is 17.1 Å². The molecule has 1 aromatic rings. The van der Waals surface area contributed by atoms with Gasteiger partial charge in [-0.1, -0.05) is 25.4 Å². The van der Waals surface area contributed by atoms with Gasteiger partial charge in [-0.3, -0.25) is 4.79 Å². The van der Waals surface area contributed by atoms with Crippen LogP contribution in [0.5, 0.6) is 0 Å². The summed E-state index contributed by atoms with van der Waals surface area (Å²) in [5, 5.41) is 14.5. The summed E-state index contributed by atoms with van der Waals surface area (Å²) >= 11 is 8.14. The van der Waals surface area contributed by atoms with Gasteiger partial charge in [-0.05, 0) is 46.7 Å². The number of carbonyl (C=O) groups excluding carboxylic acids is 1. The summed E-state index contributed by atoms with van der Waals surface area (Å²) in [4.78, 5) is 22.6. The summed E-state index contributed by atoms with van der Waals surface area (Å²) in [7, 11) is 0. The fourth-order valence-corrected chi connectivity index (χ4v) is 2.46. The van der Waals surface area contributed by atoms with E-state index in [0.29, 0.717) is 10.7 Å². The van der Waals surface area contributed by atoms with Crippen molar-refractivity contribution in [3.05, 3.63) is 26.8 Å². The lowest BCUT2D eigenvalue weighted by Gasteiger charge is -2.21. The summed E-state index contributed by atoms with van der Waals surface area (Å²) < 4.78 is 0.962. The van der Waals surface area contributed by atoms with Gasteiger partial charge in [-0.2, -0.15) is 0 Å². The van der Waals surface area contributed by atoms with Gasteiger partial charge in [-0.15, -0.1) is 0 Å². The molecule has 1 aromatic carbocycles. The van der Waals surface area contributed by atoms with Crippen LogP contribution in [0.4, 0.5) is 10.5 Å². The zero-order chi connectivity index (χ0) is 15.3. The number of benzene rings is 1. The van der Waals surface area contributed by atoms with Gasteiger partial charge in [0.1, 0.15) is 0 Å². The number of halogens is 2. The van der Waals surface area contributed by atoms with Crippen LogP contribution in [0.3, 0.4) is 0 Å². The van der Waals surface area contributed by atoms with E-state index < -0.39 is 18.0 Å². The van der Waals surface area contributed by atoms with Crippen LogP contribution in [0.15, 0.2) is 18.2 Å². The average Bonchev–Trinajstić information content (AvgIpc) is 2.31. The van der Waals surface area contributed by atoms with E-state index in [9.17, 15) is 9.59 Å². The highest BCUT2D eigenvalue weighted by molar-refractivity contribution is 14.1. The zero-order valence-corrected chi connectivity index (χ0v) is 14.0. The standard InChI is InChI=1S/C13H16ClIN2O3/c1-7(2)11(6-12(18)19)17-13(20)16-10-4-3-8(15)5-9(10)14/h3-5,7,11H,6H2,1-2H3,(H,18,19)(H2,16,17,20). The van der Waals surface area contributed by atoms with Crippen molar-refractivity contribution >= 4 is 51.9 Å². The van der Waals surface area contributed by atoms with Gasteiger partial charge in [0.2, 0.25) is 0 Å². The van der Waals surface area contributed by atoms with Crippen molar-refractivity contribution in [1.29, 1.82) is 0 Å². The molecule has 3 N–H and O–H groups in total. The number of rotatable bonds is 5. The molecule has 0 aliphatic heterocycles. The molecule has 1 rings (SSSR count). The lowest BCUT2D eigenvalue weighted by atomic mass is 10.0. The Bertz CT molecular complexity index is 508. The minimum absolute atomic E-state index is 0.0176. The summed E-state index contributed by atoms with van der Waals surface area (Å²) in [6.07, 6.45) is -0.120. The van der Waals surface area contributed by atoms with Crippen molar-refractivity contribution < 1.29 is 14.7 Å². The van der Waals surface area contributed by atoms with E-state index in [1.165, 1.54) is 0 Å². The number of carboxylic acids is 1. The molecule has 0 bridgehead atoms. The van der Waals surface area contributed by atoms with Gasteiger partial charge >= 0.3 is 12.0 Å². The topological polar surface area (TPSA) is 78.4 Å². The molecule has 1 unspecified atom stereocenters. The first-order valence-corrected chi connectivity index (χ1v) is 7.49. The van der Waals surface area contributed by atoms with Crippen LogP contribution < -0.4 is 10.6 Å². The maximum Gasteiger partial charge on any atom is 0.319 e. The minimum Gasteiger partial charge on any atom is -0.481 e. The second kappa shape index (κ2) is 7.68. The van der Waals surface area contributed by atoms with E-state index in [-0.39, 0.29) is 12.3 Å². The quantitative estimate of drug-likeness (QED) is 0.650. The Morgan fingerprint density at radius 1 is 1.40 bits per heavy atom. The molecule has 0 aliphatic carbocycles. The summed E-state index contributed by atoms with van der Waals surface area (Å²) in [5.41, 5.74) is 0.488. The van der Waals surface area contributed by atoms with Crippen LogP contribution in [0.1, 0.15) is 20.3 Å². The number of hydrogen-bond acceptors (Lipinski definition) is 2. The molecule has 1 atom stereocenters. The molecule has 5 nitrogen and oxygen atoms in total. The van der Waals surface area contributed by atoms with Gasteiger partial charge in [0.25, 0.3) is 0 Å². The van der Waals surface area contributed by atoms with E-state index in [0.717, 1.165) is 3.57 Å². The predicted octanol–water partition coefficient (Wildman–Crippen LogP) is 3.57. The first-order chi connectivity index (χ1) is 9.29. The monoisotopic (exact) mass is 410 g/mol. The Balaban J connectivity index is 2.68. The number of hydrogen-bond donors (Lipinski definition) is 3. The van der Waals surface area contributed by atoms with Crippen LogP contribution in [-0.4, -0.2) is 23.1 Å². The number of aliphatic carboxylic acids is 1. The molecular weight excluding hydrogens is 395 g/mol. The first-order valence-electron chi connectivity index (χ1n) is 6.04. The van der Waals surface area contributed by atoms with Crippen molar-refractivity contribution in [2.24, 2.45) is 5.92 Å². The molecule has 0 aromatic heterocycles. The van der Waals surface area contributed by atoms with Crippen LogP contribution >= 0.6 is 34.2 Å². The lowest BCUT2D eigenvalue weighted by molar-refractivity contribution is -0.137. The SMILES string of the molecule is CC(C)C(CC(=O)O)NC(=O)Nc1ccc(I)cc1Cl. The Kier molecular flexibility index (Phi) is 6.54. The third kappa shape index (κ3) is 5.54. The first kappa shape index (κ1) is 17.0. The number of urea groups is 1. The molecule has 0 saturated carbocycles. The van der Waals surface area contributed by atoms with Crippen LogP contribution in [0.25, 0.3) is 0 Å². The fraction of sp³-hybridized carbons (Fsp3) is 0.385. The van der Waals surface area contributed by atoms with Crippen molar-refractivity contribution in [2.45, 2.75) is 26.3 Å². The molecule has 0 aliphatic rings. The Morgan fingerprint density at radius 2 is 2.05 bits per heavy atom. The lowest BCUT2D eigenvalue weighted by Crippen LogP contribution is -2.42. The Hall–Kier alpha value is -1.02. The molecule has 0 spiro atoms. The normalized spacial score (nSPS) is 12.1. The highest BCUT2D eigenvalue weighted by atomic mass is 127. The molecular formula is C13H16ClIN2O3. The van der Waals surface area contributed by atoms with Gasteiger partial charge in [0, 0.05) is 9.61 Å². The van der Waals surface area contributed by atoms with Gasteiger partial charge < -0.3 is 15.7 Å². The minimum atomic E-state index is -0.948. The smallest absolute Gasteiger partial charge is 0.319 e. The maximum absolute atomic E-state index is 11.9. The highest BCUT2D eigenvalue weighted by Crippen LogP contribution is 2.23. The second-order valence-corrected chi connectivity index (χ2v) is 6.32. The van der Waals surface area contributed by atoms with E-state index in [2.05, 4.69) is 33.2 Å². The molecule has 0 fully saturated rings. The Labute approximate surface area is 136 Å². The van der Waals surface area contributed by atoms with Crippen LogP contribution in [0, 0.1) is 9.49 Å². The number of carboxylic acid groups (broad SMARTS) is 1.